The molecule has 0 aromatic heterocycles. The van der Waals surface area contributed by atoms with Crippen LogP contribution in [-0.2, 0) is 6.42 Å². The molecule has 164 valence electrons. The molecule has 2 aromatic carbocycles. The van der Waals surface area contributed by atoms with Crippen molar-refractivity contribution in [3.05, 3.63) is 59.9 Å². The van der Waals surface area contributed by atoms with E-state index in [1.165, 1.54) is 12.1 Å². The van der Waals surface area contributed by atoms with E-state index in [0.717, 1.165) is 68.5 Å². The molecule has 0 saturated carbocycles. The maximum atomic E-state index is 13.0. The average molecular weight is 526 g/mol. The van der Waals surface area contributed by atoms with E-state index in [4.69, 9.17) is 9.73 Å². The number of ether oxygens (including phenoxy) is 1. The van der Waals surface area contributed by atoms with E-state index in [1.54, 1.807) is 7.11 Å². The number of benzene rings is 2. The molecule has 2 aromatic rings. The Morgan fingerprint density at radius 3 is 2.67 bits per heavy atom. The Kier molecular flexibility index (Phi) is 10.2. The average Bonchev–Trinajstić information content (AvgIpc) is 3.22. The SMILES string of the molecule is CCNC(=NCC1CCN(c2ccccc2OC)C1)NCCc1ccc(F)cc1.I. The van der Waals surface area contributed by atoms with Gasteiger partial charge < -0.3 is 20.3 Å². The van der Waals surface area contributed by atoms with Gasteiger partial charge in [0.1, 0.15) is 11.6 Å². The Balaban J connectivity index is 0.00000320. The molecule has 1 unspecified atom stereocenters. The van der Waals surface area contributed by atoms with Crippen LogP contribution in [0.25, 0.3) is 0 Å². The lowest BCUT2D eigenvalue weighted by Gasteiger charge is -2.21. The van der Waals surface area contributed by atoms with Crippen molar-refractivity contribution in [3.8, 4) is 5.75 Å². The van der Waals surface area contributed by atoms with Crippen molar-refractivity contribution in [1.82, 2.24) is 10.6 Å². The van der Waals surface area contributed by atoms with E-state index >= 15 is 0 Å². The van der Waals surface area contributed by atoms with Gasteiger partial charge in [-0.2, -0.15) is 0 Å². The summed E-state index contributed by atoms with van der Waals surface area (Å²) in [5.74, 6) is 2.08. The van der Waals surface area contributed by atoms with Crippen molar-refractivity contribution in [2.75, 3.05) is 44.7 Å². The second-order valence-electron chi connectivity index (χ2n) is 7.30. The predicted octanol–water partition coefficient (Wildman–Crippen LogP) is 4.08. The minimum Gasteiger partial charge on any atom is -0.495 e. The zero-order valence-electron chi connectivity index (χ0n) is 17.7. The van der Waals surface area contributed by atoms with E-state index < -0.39 is 0 Å². The molecular weight excluding hydrogens is 494 g/mol. The van der Waals surface area contributed by atoms with E-state index in [0.29, 0.717) is 5.92 Å². The molecule has 3 rings (SSSR count). The topological polar surface area (TPSA) is 48.9 Å². The van der Waals surface area contributed by atoms with Gasteiger partial charge in [0, 0.05) is 32.7 Å². The van der Waals surface area contributed by atoms with Gasteiger partial charge >= 0.3 is 0 Å². The molecule has 0 aliphatic carbocycles. The maximum Gasteiger partial charge on any atom is 0.191 e. The Morgan fingerprint density at radius 1 is 1.17 bits per heavy atom. The van der Waals surface area contributed by atoms with Gasteiger partial charge in [-0.05, 0) is 55.5 Å². The first-order chi connectivity index (χ1) is 14.2. The lowest BCUT2D eigenvalue weighted by atomic mass is 10.1. The minimum atomic E-state index is -0.199. The fraction of sp³-hybridized carbons (Fsp3) is 0.435. The summed E-state index contributed by atoms with van der Waals surface area (Å²) in [6.45, 7) is 6.44. The monoisotopic (exact) mass is 526 g/mol. The van der Waals surface area contributed by atoms with Gasteiger partial charge in [0.2, 0.25) is 0 Å². The van der Waals surface area contributed by atoms with Crippen LogP contribution in [0, 0.1) is 11.7 Å². The highest BCUT2D eigenvalue weighted by Gasteiger charge is 2.24. The van der Waals surface area contributed by atoms with Crippen molar-refractivity contribution in [3.63, 3.8) is 0 Å². The van der Waals surface area contributed by atoms with Crippen LogP contribution in [0.4, 0.5) is 10.1 Å². The summed E-state index contributed by atoms with van der Waals surface area (Å²) in [7, 11) is 1.72. The predicted molar refractivity (Wildman–Crippen MR) is 133 cm³/mol. The van der Waals surface area contributed by atoms with Gasteiger partial charge in [-0.1, -0.05) is 24.3 Å². The van der Waals surface area contributed by atoms with Gasteiger partial charge in [-0.15, -0.1) is 24.0 Å². The molecule has 5 nitrogen and oxygen atoms in total. The van der Waals surface area contributed by atoms with Gasteiger partial charge in [0.05, 0.1) is 12.8 Å². The van der Waals surface area contributed by atoms with Crippen LogP contribution in [0.2, 0.25) is 0 Å². The van der Waals surface area contributed by atoms with Gasteiger partial charge in [0.15, 0.2) is 5.96 Å². The summed E-state index contributed by atoms with van der Waals surface area (Å²) in [5.41, 5.74) is 2.27. The van der Waals surface area contributed by atoms with Crippen LogP contribution in [-0.4, -0.2) is 45.8 Å². The standard InChI is InChI=1S/C23H31FN4O.HI/c1-3-25-23(26-14-12-18-8-10-20(24)11-9-18)27-16-19-13-15-28(17-19)21-6-4-5-7-22(21)29-2;/h4-11,19H,3,12-17H2,1-2H3,(H2,25,26,27);1H. The van der Waals surface area contributed by atoms with Crippen LogP contribution in [0.3, 0.4) is 0 Å². The molecule has 1 aliphatic rings. The van der Waals surface area contributed by atoms with Gasteiger partial charge in [0.25, 0.3) is 0 Å². The van der Waals surface area contributed by atoms with Crippen molar-refractivity contribution < 1.29 is 9.13 Å². The number of rotatable bonds is 8. The first-order valence-corrected chi connectivity index (χ1v) is 10.3. The number of hydrogen-bond donors (Lipinski definition) is 2. The number of nitrogens with zero attached hydrogens (tertiary/aromatic N) is 2. The molecular formula is C23H32FIN4O. The molecule has 1 heterocycles. The molecule has 1 fully saturated rings. The smallest absolute Gasteiger partial charge is 0.191 e. The van der Waals surface area contributed by atoms with E-state index in [9.17, 15) is 4.39 Å². The number of halogens is 2. The number of hydrogen-bond acceptors (Lipinski definition) is 3. The Morgan fingerprint density at radius 2 is 1.93 bits per heavy atom. The molecule has 0 spiro atoms. The van der Waals surface area contributed by atoms with Crippen LogP contribution in [0.1, 0.15) is 18.9 Å². The Bertz CT molecular complexity index is 800. The van der Waals surface area contributed by atoms with E-state index in [1.807, 2.05) is 24.3 Å². The second-order valence-corrected chi connectivity index (χ2v) is 7.30. The lowest BCUT2D eigenvalue weighted by molar-refractivity contribution is 0.414. The third-order valence-corrected chi connectivity index (χ3v) is 5.18. The van der Waals surface area contributed by atoms with E-state index in [2.05, 4.69) is 34.6 Å². The Hall–Kier alpha value is -2.03. The summed E-state index contributed by atoms with van der Waals surface area (Å²) < 4.78 is 18.5. The second kappa shape index (κ2) is 12.6. The number of para-hydroxylation sites is 2. The molecule has 0 amide bonds. The zero-order chi connectivity index (χ0) is 20.5. The number of nitrogens with one attached hydrogen (secondary N) is 2. The summed E-state index contributed by atoms with van der Waals surface area (Å²) in [4.78, 5) is 7.17. The first-order valence-electron chi connectivity index (χ1n) is 10.3. The number of aliphatic imine (C=N–C) groups is 1. The Labute approximate surface area is 196 Å². The summed E-state index contributed by atoms with van der Waals surface area (Å²) in [5, 5.41) is 6.69. The van der Waals surface area contributed by atoms with Crippen LogP contribution >= 0.6 is 24.0 Å². The molecule has 0 radical (unpaired) electrons. The molecule has 1 saturated heterocycles. The normalized spacial score (nSPS) is 16.2. The quantitative estimate of drug-likeness (QED) is 0.310. The highest BCUT2D eigenvalue weighted by atomic mass is 127. The maximum absolute atomic E-state index is 13.0. The molecule has 1 atom stereocenters. The molecule has 1 aliphatic heterocycles. The van der Waals surface area contributed by atoms with Crippen molar-refractivity contribution >= 4 is 35.6 Å². The van der Waals surface area contributed by atoms with Crippen molar-refractivity contribution in [2.45, 2.75) is 19.8 Å². The van der Waals surface area contributed by atoms with Crippen LogP contribution in [0.5, 0.6) is 5.75 Å². The summed E-state index contributed by atoms with van der Waals surface area (Å²) >= 11 is 0. The highest BCUT2D eigenvalue weighted by Crippen LogP contribution is 2.31. The number of methoxy groups -OCH3 is 1. The van der Waals surface area contributed by atoms with Crippen molar-refractivity contribution in [2.24, 2.45) is 10.9 Å². The highest BCUT2D eigenvalue weighted by molar-refractivity contribution is 14.0. The van der Waals surface area contributed by atoms with Gasteiger partial charge in [-0.25, -0.2) is 4.39 Å². The number of guanidine groups is 1. The largest absolute Gasteiger partial charge is 0.495 e. The first kappa shape index (κ1) is 24.2. The minimum absolute atomic E-state index is 0. The summed E-state index contributed by atoms with van der Waals surface area (Å²) in [6, 6.07) is 14.8. The lowest BCUT2D eigenvalue weighted by Crippen LogP contribution is -2.38. The summed E-state index contributed by atoms with van der Waals surface area (Å²) in [6.07, 6.45) is 1.95. The van der Waals surface area contributed by atoms with Crippen LogP contribution in [0.15, 0.2) is 53.5 Å². The third kappa shape index (κ3) is 7.04. The zero-order valence-corrected chi connectivity index (χ0v) is 20.1. The third-order valence-electron chi connectivity index (χ3n) is 5.18. The molecule has 2 N–H and O–H groups in total. The van der Waals surface area contributed by atoms with E-state index in [-0.39, 0.29) is 29.8 Å². The fourth-order valence-corrected chi connectivity index (χ4v) is 3.63. The van der Waals surface area contributed by atoms with Gasteiger partial charge in [-0.3, -0.25) is 4.99 Å². The molecule has 7 heteroatoms. The molecule has 30 heavy (non-hydrogen) atoms. The fourth-order valence-electron chi connectivity index (χ4n) is 3.63. The van der Waals surface area contributed by atoms with Crippen LogP contribution < -0.4 is 20.3 Å². The molecule has 0 bridgehead atoms. The number of anilines is 1. The van der Waals surface area contributed by atoms with Crippen molar-refractivity contribution in [1.29, 1.82) is 0 Å².